The molecule has 0 aliphatic heterocycles. The van der Waals surface area contributed by atoms with Crippen LogP contribution in [0.15, 0.2) is 11.6 Å². The normalized spacial score (nSPS) is 12.2. The minimum Gasteiger partial charge on any atom is -0.366 e. The molecule has 1 aromatic heterocycles. The fraction of sp³-hybridized carbons (Fsp3) is 0.500. The Morgan fingerprint density at radius 3 is 3.08 bits per heavy atom. The zero-order chi connectivity index (χ0) is 9.68. The first-order valence-corrected chi connectivity index (χ1v) is 5.37. The molecular formula is C8H13N3S2. The van der Waals surface area contributed by atoms with Crippen molar-refractivity contribution in [2.24, 2.45) is 0 Å². The second kappa shape index (κ2) is 5.14. The maximum atomic E-state index is 4.96. The lowest BCUT2D eigenvalue weighted by Gasteiger charge is -2.11. The molecule has 0 aliphatic rings. The lowest BCUT2D eigenvalue weighted by Crippen LogP contribution is -2.34. The summed E-state index contributed by atoms with van der Waals surface area (Å²) in [5, 5.41) is 9.79. The maximum Gasteiger partial charge on any atom is 0.166 e. The molecule has 72 valence electrons. The van der Waals surface area contributed by atoms with E-state index < -0.39 is 0 Å². The molecule has 0 aromatic carbocycles. The number of nitrogens with one attached hydrogen (secondary N) is 2. The molecule has 1 atom stereocenters. The van der Waals surface area contributed by atoms with Crippen LogP contribution in [0.2, 0.25) is 0 Å². The minimum absolute atomic E-state index is 0.409. The van der Waals surface area contributed by atoms with E-state index in [-0.39, 0.29) is 0 Å². The van der Waals surface area contributed by atoms with Crippen molar-refractivity contribution >= 4 is 28.7 Å². The Hall–Kier alpha value is -0.680. The first-order chi connectivity index (χ1) is 6.24. The highest BCUT2D eigenvalue weighted by Crippen LogP contribution is 2.15. The number of hydrogen-bond donors (Lipinski definition) is 2. The van der Waals surface area contributed by atoms with Gasteiger partial charge in [-0.3, -0.25) is 0 Å². The van der Waals surface area contributed by atoms with Crippen LogP contribution in [0, 0.1) is 0 Å². The molecule has 0 fully saturated rings. The molecule has 0 spiro atoms. The van der Waals surface area contributed by atoms with Gasteiger partial charge in [0.15, 0.2) is 5.11 Å². The van der Waals surface area contributed by atoms with Crippen LogP contribution in [0.3, 0.4) is 0 Å². The van der Waals surface area contributed by atoms with Gasteiger partial charge in [0.25, 0.3) is 0 Å². The maximum absolute atomic E-state index is 4.96. The highest BCUT2D eigenvalue weighted by Gasteiger charge is 2.07. The van der Waals surface area contributed by atoms with Crippen LogP contribution in [-0.2, 0) is 0 Å². The minimum atomic E-state index is 0.409. The molecule has 0 bridgehead atoms. The average molecular weight is 215 g/mol. The number of thiazole rings is 1. The molecule has 0 amide bonds. The molecule has 1 rings (SSSR count). The predicted molar refractivity (Wildman–Crippen MR) is 60.2 cm³/mol. The molecule has 1 unspecified atom stereocenters. The molecule has 1 heterocycles. The summed E-state index contributed by atoms with van der Waals surface area (Å²) in [7, 11) is 1.81. The van der Waals surface area contributed by atoms with Crippen molar-refractivity contribution in [3.63, 3.8) is 0 Å². The highest BCUT2D eigenvalue weighted by molar-refractivity contribution is 7.80. The van der Waals surface area contributed by atoms with Gasteiger partial charge in [-0.15, -0.1) is 11.3 Å². The van der Waals surface area contributed by atoms with Gasteiger partial charge in [-0.25, -0.2) is 4.98 Å². The van der Waals surface area contributed by atoms with E-state index in [1.54, 1.807) is 11.3 Å². The van der Waals surface area contributed by atoms with Gasteiger partial charge < -0.3 is 10.6 Å². The lowest BCUT2D eigenvalue weighted by molar-refractivity contribution is 0.710. The van der Waals surface area contributed by atoms with E-state index in [4.69, 9.17) is 12.2 Å². The molecule has 1 aromatic rings. The van der Waals surface area contributed by atoms with Crippen molar-refractivity contribution in [3.8, 4) is 0 Å². The Labute approximate surface area is 87.6 Å². The molecule has 0 aliphatic carbocycles. The van der Waals surface area contributed by atoms with E-state index in [1.165, 1.54) is 0 Å². The summed E-state index contributed by atoms with van der Waals surface area (Å²) < 4.78 is 0. The predicted octanol–water partition coefficient (Wildman–Crippen LogP) is 1.34. The summed E-state index contributed by atoms with van der Waals surface area (Å²) in [5.74, 6) is 0.409. The van der Waals surface area contributed by atoms with Crippen LogP contribution in [-0.4, -0.2) is 23.7 Å². The number of rotatable bonds is 3. The molecule has 0 saturated carbocycles. The SMILES string of the molecule is CNC(=S)NCC(C)c1nccs1. The Morgan fingerprint density at radius 2 is 2.54 bits per heavy atom. The van der Waals surface area contributed by atoms with Gasteiger partial charge in [0.05, 0.1) is 5.01 Å². The first-order valence-electron chi connectivity index (χ1n) is 4.09. The fourth-order valence-corrected chi connectivity index (χ4v) is 1.68. The Bertz CT molecular complexity index is 258. The van der Waals surface area contributed by atoms with E-state index in [9.17, 15) is 0 Å². The molecule has 3 nitrogen and oxygen atoms in total. The van der Waals surface area contributed by atoms with Crippen molar-refractivity contribution in [2.45, 2.75) is 12.8 Å². The van der Waals surface area contributed by atoms with Crippen LogP contribution in [0.5, 0.6) is 0 Å². The summed E-state index contributed by atoms with van der Waals surface area (Å²) in [6, 6.07) is 0. The van der Waals surface area contributed by atoms with Gasteiger partial charge in [0.2, 0.25) is 0 Å². The largest absolute Gasteiger partial charge is 0.366 e. The number of thiocarbonyl (C=S) groups is 1. The molecular weight excluding hydrogens is 202 g/mol. The monoisotopic (exact) mass is 215 g/mol. The standard InChI is InChI=1S/C8H13N3S2/c1-6(5-11-8(12)9-2)7-10-3-4-13-7/h3-4,6H,5H2,1-2H3,(H2,9,11,12). The van der Waals surface area contributed by atoms with Crippen LogP contribution in [0.1, 0.15) is 17.8 Å². The van der Waals surface area contributed by atoms with Gasteiger partial charge in [0, 0.05) is 31.1 Å². The van der Waals surface area contributed by atoms with Crippen molar-refractivity contribution in [3.05, 3.63) is 16.6 Å². The van der Waals surface area contributed by atoms with E-state index in [0.717, 1.165) is 11.6 Å². The average Bonchev–Trinajstić information content (AvgIpc) is 2.66. The van der Waals surface area contributed by atoms with Gasteiger partial charge in [-0.2, -0.15) is 0 Å². The third-order valence-corrected chi connectivity index (χ3v) is 3.02. The van der Waals surface area contributed by atoms with E-state index in [1.807, 2.05) is 18.6 Å². The molecule has 0 saturated heterocycles. The highest BCUT2D eigenvalue weighted by atomic mass is 32.1. The van der Waals surface area contributed by atoms with E-state index in [0.29, 0.717) is 11.0 Å². The Morgan fingerprint density at radius 1 is 1.77 bits per heavy atom. The summed E-state index contributed by atoms with van der Waals surface area (Å²) in [6.45, 7) is 2.96. The number of aromatic nitrogens is 1. The van der Waals surface area contributed by atoms with Crippen molar-refractivity contribution in [2.75, 3.05) is 13.6 Å². The van der Waals surface area contributed by atoms with Crippen molar-refractivity contribution < 1.29 is 0 Å². The summed E-state index contributed by atoms with van der Waals surface area (Å²) >= 11 is 6.64. The van der Waals surface area contributed by atoms with Crippen LogP contribution < -0.4 is 10.6 Å². The third-order valence-electron chi connectivity index (χ3n) is 1.67. The molecule has 0 radical (unpaired) electrons. The third kappa shape index (κ3) is 3.28. The summed E-state index contributed by atoms with van der Waals surface area (Å²) in [4.78, 5) is 4.23. The molecule has 13 heavy (non-hydrogen) atoms. The van der Waals surface area contributed by atoms with E-state index in [2.05, 4.69) is 22.5 Å². The topological polar surface area (TPSA) is 37.0 Å². The van der Waals surface area contributed by atoms with Crippen LogP contribution in [0.25, 0.3) is 0 Å². The Balaban J connectivity index is 2.34. The zero-order valence-electron chi connectivity index (χ0n) is 7.70. The smallest absolute Gasteiger partial charge is 0.166 e. The number of nitrogens with zero attached hydrogens (tertiary/aromatic N) is 1. The van der Waals surface area contributed by atoms with E-state index >= 15 is 0 Å². The van der Waals surface area contributed by atoms with Crippen molar-refractivity contribution in [1.82, 2.24) is 15.6 Å². The molecule has 5 heteroatoms. The van der Waals surface area contributed by atoms with Crippen LogP contribution in [0.4, 0.5) is 0 Å². The summed E-state index contributed by atoms with van der Waals surface area (Å²) in [5.41, 5.74) is 0. The second-order valence-electron chi connectivity index (χ2n) is 2.73. The quantitative estimate of drug-likeness (QED) is 0.746. The van der Waals surface area contributed by atoms with Gasteiger partial charge in [0.1, 0.15) is 0 Å². The molecule has 2 N–H and O–H groups in total. The Kier molecular flexibility index (Phi) is 4.11. The van der Waals surface area contributed by atoms with Crippen molar-refractivity contribution in [1.29, 1.82) is 0 Å². The zero-order valence-corrected chi connectivity index (χ0v) is 9.34. The second-order valence-corrected chi connectivity index (χ2v) is 4.07. The van der Waals surface area contributed by atoms with Gasteiger partial charge in [-0.1, -0.05) is 6.92 Å². The fourth-order valence-electron chi connectivity index (χ4n) is 0.899. The van der Waals surface area contributed by atoms with Gasteiger partial charge >= 0.3 is 0 Å². The number of hydrogen-bond acceptors (Lipinski definition) is 3. The summed E-state index contributed by atoms with van der Waals surface area (Å²) in [6.07, 6.45) is 1.83. The van der Waals surface area contributed by atoms with Crippen LogP contribution >= 0.6 is 23.6 Å². The lowest BCUT2D eigenvalue weighted by atomic mass is 10.2. The first kappa shape index (κ1) is 10.4. The van der Waals surface area contributed by atoms with Gasteiger partial charge in [-0.05, 0) is 12.2 Å².